The van der Waals surface area contributed by atoms with E-state index in [-0.39, 0.29) is 5.88 Å². The predicted octanol–water partition coefficient (Wildman–Crippen LogP) is 1.94. The van der Waals surface area contributed by atoms with Gasteiger partial charge in [-0.25, -0.2) is 0 Å². The topological polar surface area (TPSA) is 40.5 Å². The molecule has 0 aliphatic carbocycles. The Balaban J connectivity index is 3.05. The molecule has 0 aliphatic rings. The normalized spacial score (nSPS) is 15.2. The number of alkyl halides is 1. The van der Waals surface area contributed by atoms with E-state index < -0.39 is 12.2 Å². The molecule has 0 aromatic heterocycles. The van der Waals surface area contributed by atoms with Crippen molar-refractivity contribution in [2.24, 2.45) is 0 Å². The van der Waals surface area contributed by atoms with Gasteiger partial charge in [0.25, 0.3) is 0 Å². The van der Waals surface area contributed by atoms with Crippen molar-refractivity contribution in [1.82, 2.24) is 0 Å². The summed E-state index contributed by atoms with van der Waals surface area (Å²) in [6.07, 6.45) is -1.80. The minimum Gasteiger partial charge on any atom is -0.389 e. The van der Waals surface area contributed by atoms with Gasteiger partial charge in [0.1, 0.15) is 6.10 Å². The van der Waals surface area contributed by atoms with Gasteiger partial charge in [-0.3, -0.25) is 0 Å². The first-order valence-electron chi connectivity index (χ1n) is 4.56. The number of aliphatic hydroxyl groups is 2. The maximum absolute atomic E-state index is 9.82. The van der Waals surface area contributed by atoms with Crippen LogP contribution in [-0.4, -0.2) is 22.2 Å². The van der Waals surface area contributed by atoms with E-state index in [1.165, 1.54) is 0 Å². The van der Waals surface area contributed by atoms with Gasteiger partial charge in [0.05, 0.1) is 12.0 Å². The molecule has 0 amide bonds. The van der Waals surface area contributed by atoms with E-state index in [4.69, 9.17) is 11.6 Å². The van der Waals surface area contributed by atoms with E-state index in [0.29, 0.717) is 0 Å². The number of aliphatic hydroxyl groups excluding tert-OH is 2. The van der Waals surface area contributed by atoms with E-state index in [1.807, 2.05) is 32.0 Å². The summed E-state index contributed by atoms with van der Waals surface area (Å²) < 4.78 is 0. The quantitative estimate of drug-likeness (QED) is 0.755. The van der Waals surface area contributed by atoms with Gasteiger partial charge in [0.15, 0.2) is 0 Å². The third kappa shape index (κ3) is 2.27. The van der Waals surface area contributed by atoms with Gasteiger partial charge in [-0.2, -0.15) is 0 Å². The Labute approximate surface area is 89.1 Å². The molecule has 0 heterocycles. The van der Waals surface area contributed by atoms with Gasteiger partial charge >= 0.3 is 0 Å². The first-order chi connectivity index (χ1) is 6.57. The summed E-state index contributed by atoms with van der Waals surface area (Å²) in [5.41, 5.74) is 2.73. The molecule has 14 heavy (non-hydrogen) atoms. The predicted molar refractivity (Wildman–Crippen MR) is 57.6 cm³/mol. The maximum atomic E-state index is 9.82. The zero-order valence-electron chi connectivity index (χ0n) is 8.37. The number of hydrogen-bond acceptors (Lipinski definition) is 2. The van der Waals surface area contributed by atoms with Crippen LogP contribution in [0.5, 0.6) is 0 Å². The van der Waals surface area contributed by atoms with Crippen LogP contribution < -0.4 is 0 Å². The van der Waals surface area contributed by atoms with E-state index in [2.05, 4.69) is 0 Å². The summed E-state index contributed by atoms with van der Waals surface area (Å²) in [7, 11) is 0. The lowest BCUT2D eigenvalue weighted by Gasteiger charge is -2.19. The van der Waals surface area contributed by atoms with Gasteiger partial charge in [-0.15, -0.1) is 11.6 Å². The maximum Gasteiger partial charge on any atom is 0.107 e. The van der Waals surface area contributed by atoms with E-state index >= 15 is 0 Å². The van der Waals surface area contributed by atoms with E-state index in [1.54, 1.807) is 0 Å². The molecule has 2 nitrogen and oxygen atoms in total. The summed E-state index contributed by atoms with van der Waals surface area (Å²) in [4.78, 5) is 0. The van der Waals surface area contributed by atoms with Crippen molar-refractivity contribution in [2.75, 3.05) is 5.88 Å². The second-order valence-electron chi connectivity index (χ2n) is 3.47. The van der Waals surface area contributed by atoms with Crippen LogP contribution in [0.1, 0.15) is 22.8 Å². The van der Waals surface area contributed by atoms with Crippen molar-refractivity contribution in [3.05, 3.63) is 34.9 Å². The van der Waals surface area contributed by atoms with Crippen LogP contribution >= 0.6 is 11.6 Å². The molecule has 1 aromatic rings. The van der Waals surface area contributed by atoms with Gasteiger partial charge in [-0.1, -0.05) is 18.2 Å². The Morgan fingerprint density at radius 3 is 2.14 bits per heavy atom. The molecular formula is C11H15ClO2. The zero-order chi connectivity index (χ0) is 10.7. The lowest BCUT2D eigenvalue weighted by Crippen LogP contribution is -2.21. The molecule has 78 valence electrons. The van der Waals surface area contributed by atoms with Gasteiger partial charge in [-0.05, 0) is 30.5 Å². The van der Waals surface area contributed by atoms with Crippen molar-refractivity contribution in [2.45, 2.75) is 26.1 Å². The van der Waals surface area contributed by atoms with E-state index in [0.717, 1.165) is 16.7 Å². The Bertz CT molecular complexity index is 292. The molecule has 3 heteroatoms. The molecule has 1 rings (SSSR count). The molecule has 0 spiro atoms. The van der Waals surface area contributed by atoms with Crippen molar-refractivity contribution in [3.63, 3.8) is 0 Å². The number of aryl methyl sites for hydroxylation is 2. The summed E-state index contributed by atoms with van der Waals surface area (Å²) in [5.74, 6) is 0.0366. The molecule has 0 saturated carbocycles. The Morgan fingerprint density at radius 2 is 1.71 bits per heavy atom. The lowest BCUT2D eigenvalue weighted by atomic mass is 9.95. The van der Waals surface area contributed by atoms with Crippen LogP contribution in [0.25, 0.3) is 0 Å². The summed E-state index contributed by atoms with van der Waals surface area (Å²) in [6.45, 7) is 3.82. The molecule has 0 fully saturated rings. The largest absolute Gasteiger partial charge is 0.389 e. The Morgan fingerprint density at radius 1 is 1.21 bits per heavy atom. The smallest absolute Gasteiger partial charge is 0.107 e. The second kappa shape index (κ2) is 4.78. The third-order valence-electron chi connectivity index (χ3n) is 2.36. The second-order valence-corrected chi connectivity index (χ2v) is 3.78. The van der Waals surface area contributed by atoms with Crippen molar-refractivity contribution in [1.29, 1.82) is 0 Å². The minimum absolute atomic E-state index is 0.0366. The zero-order valence-corrected chi connectivity index (χ0v) is 9.12. The fourth-order valence-electron chi connectivity index (χ4n) is 1.57. The van der Waals surface area contributed by atoms with Crippen molar-refractivity contribution in [3.8, 4) is 0 Å². The average Bonchev–Trinajstić information content (AvgIpc) is 2.16. The van der Waals surface area contributed by atoms with Crippen LogP contribution in [0, 0.1) is 13.8 Å². The molecule has 2 N–H and O–H groups in total. The fourth-order valence-corrected chi connectivity index (χ4v) is 1.74. The highest BCUT2D eigenvalue weighted by atomic mass is 35.5. The Kier molecular flexibility index (Phi) is 3.93. The molecule has 1 aromatic carbocycles. The monoisotopic (exact) mass is 214 g/mol. The van der Waals surface area contributed by atoms with Gasteiger partial charge in [0.2, 0.25) is 0 Å². The molecular weight excluding hydrogens is 200 g/mol. The highest BCUT2D eigenvalue weighted by Gasteiger charge is 2.20. The Hall–Kier alpha value is -0.570. The van der Waals surface area contributed by atoms with Crippen LogP contribution in [0.4, 0.5) is 0 Å². The molecule has 2 unspecified atom stereocenters. The SMILES string of the molecule is Cc1cccc(C)c1C(O)C(O)CCl. The summed E-state index contributed by atoms with van der Waals surface area (Å²) >= 11 is 5.49. The molecule has 0 saturated heterocycles. The van der Waals surface area contributed by atoms with E-state index in [9.17, 15) is 10.2 Å². The van der Waals surface area contributed by atoms with Crippen LogP contribution in [0.3, 0.4) is 0 Å². The first kappa shape index (κ1) is 11.5. The molecule has 0 bridgehead atoms. The highest BCUT2D eigenvalue weighted by molar-refractivity contribution is 6.18. The molecule has 2 atom stereocenters. The average molecular weight is 215 g/mol. The summed E-state index contributed by atoms with van der Waals surface area (Å²) in [6, 6.07) is 5.74. The van der Waals surface area contributed by atoms with Crippen LogP contribution in [-0.2, 0) is 0 Å². The molecule has 0 radical (unpaired) electrons. The highest BCUT2D eigenvalue weighted by Crippen LogP contribution is 2.24. The number of benzene rings is 1. The fraction of sp³-hybridized carbons (Fsp3) is 0.455. The van der Waals surface area contributed by atoms with Crippen LogP contribution in [0.15, 0.2) is 18.2 Å². The van der Waals surface area contributed by atoms with Gasteiger partial charge < -0.3 is 10.2 Å². The van der Waals surface area contributed by atoms with Gasteiger partial charge in [0, 0.05) is 0 Å². The number of hydrogen-bond donors (Lipinski definition) is 2. The third-order valence-corrected chi connectivity index (χ3v) is 2.68. The molecule has 0 aliphatic heterocycles. The number of rotatable bonds is 3. The standard InChI is InChI=1S/C11H15ClO2/c1-7-4-3-5-8(2)10(7)11(14)9(13)6-12/h3-5,9,11,13-14H,6H2,1-2H3. The lowest BCUT2D eigenvalue weighted by molar-refractivity contribution is 0.0319. The van der Waals surface area contributed by atoms with Crippen molar-refractivity contribution >= 4 is 11.6 Å². The minimum atomic E-state index is -0.906. The number of halogens is 1. The van der Waals surface area contributed by atoms with Crippen molar-refractivity contribution < 1.29 is 10.2 Å². The van der Waals surface area contributed by atoms with Crippen LogP contribution in [0.2, 0.25) is 0 Å². The summed E-state index contributed by atoms with van der Waals surface area (Å²) in [5, 5.41) is 19.3. The first-order valence-corrected chi connectivity index (χ1v) is 5.09.